The third kappa shape index (κ3) is 2.77. The minimum absolute atomic E-state index is 0. The molecule has 2 aromatic carbocycles. The summed E-state index contributed by atoms with van der Waals surface area (Å²) in [5, 5.41) is 0. The number of hydrogen-bond acceptors (Lipinski definition) is 1. The number of aromatic nitrogens is 2. The molecule has 0 aliphatic carbocycles. The number of hydrogen-bond donors (Lipinski definition) is 0. The molecule has 1 heterocycles. The van der Waals surface area contributed by atoms with Gasteiger partial charge < -0.3 is 12.4 Å². The summed E-state index contributed by atoms with van der Waals surface area (Å²) in [6.45, 7) is 4.44. The molecule has 3 aromatic rings. The molecule has 0 atom stereocenters. The van der Waals surface area contributed by atoms with Gasteiger partial charge in [0.2, 0.25) is 5.78 Å². The first-order valence-electron chi connectivity index (χ1n) is 7.11. The molecule has 0 saturated carbocycles. The lowest BCUT2D eigenvalue weighted by molar-refractivity contribution is -0.652. The molecule has 0 radical (unpaired) electrons. The van der Waals surface area contributed by atoms with Gasteiger partial charge in [0, 0.05) is 12.5 Å². The van der Waals surface area contributed by atoms with Crippen molar-refractivity contribution in [3.63, 3.8) is 0 Å². The highest BCUT2D eigenvalue weighted by Gasteiger charge is 2.21. The van der Waals surface area contributed by atoms with Gasteiger partial charge >= 0.3 is 0 Å². The monoisotopic (exact) mass is 314 g/mol. The first kappa shape index (κ1) is 16.2. The van der Waals surface area contributed by atoms with Crippen LogP contribution >= 0.6 is 0 Å². The molecular weight excluding hydrogens is 296 g/mol. The Labute approximate surface area is 136 Å². The van der Waals surface area contributed by atoms with Gasteiger partial charge in [-0.25, -0.2) is 9.13 Å². The van der Waals surface area contributed by atoms with Crippen LogP contribution in [0.4, 0.5) is 0 Å². The molecule has 0 saturated heterocycles. The van der Waals surface area contributed by atoms with Crippen molar-refractivity contribution in [2.24, 2.45) is 7.05 Å². The Bertz CT molecular complexity index is 819. The van der Waals surface area contributed by atoms with Gasteiger partial charge in [0.05, 0.1) is 7.05 Å². The Balaban J connectivity index is 0.00000176. The van der Waals surface area contributed by atoms with E-state index in [4.69, 9.17) is 0 Å². The summed E-state index contributed by atoms with van der Waals surface area (Å²) in [6, 6.07) is 15.9. The van der Waals surface area contributed by atoms with E-state index in [-0.39, 0.29) is 18.2 Å². The van der Waals surface area contributed by atoms with Crippen LogP contribution < -0.4 is 17.0 Å². The topological polar surface area (TPSA) is 25.9 Å². The summed E-state index contributed by atoms with van der Waals surface area (Å²) in [4.78, 5) is 12.5. The zero-order valence-electron chi connectivity index (χ0n) is 13.0. The highest BCUT2D eigenvalue weighted by Crippen LogP contribution is 2.15. The number of ketones is 1. The second-order valence-electron chi connectivity index (χ2n) is 5.47. The first-order valence-corrected chi connectivity index (χ1v) is 7.11. The van der Waals surface area contributed by atoms with E-state index in [1.165, 1.54) is 5.56 Å². The molecule has 0 amide bonds. The lowest BCUT2D eigenvalue weighted by Gasteiger charge is -2.01. The number of aryl methyl sites for hydroxylation is 2. The third-order valence-corrected chi connectivity index (χ3v) is 4.09. The zero-order valence-corrected chi connectivity index (χ0v) is 13.8. The van der Waals surface area contributed by atoms with E-state index >= 15 is 0 Å². The fourth-order valence-corrected chi connectivity index (χ4v) is 2.68. The lowest BCUT2D eigenvalue weighted by Crippen LogP contribution is -3.00. The van der Waals surface area contributed by atoms with Crippen molar-refractivity contribution in [3.05, 3.63) is 65.5 Å². The van der Waals surface area contributed by atoms with Gasteiger partial charge in [-0.3, -0.25) is 4.79 Å². The maximum atomic E-state index is 12.5. The predicted octanol–water partition coefficient (Wildman–Crippen LogP) is -0.0305. The molecule has 114 valence electrons. The summed E-state index contributed by atoms with van der Waals surface area (Å²) >= 11 is 0. The predicted molar refractivity (Wildman–Crippen MR) is 83.4 cm³/mol. The molecule has 0 bridgehead atoms. The highest BCUT2D eigenvalue weighted by atomic mass is 35.5. The maximum Gasteiger partial charge on any atom is 0.254 e. The fourth-order valence-electron chi connectivity index (χ4n) is 2.68. The van der Waals surface area contributed by atoms with Crippen LogP contribution in [0.15, 0.2) is 48.5 Å². The minimum Gasteiger partial charge on any atom is -1.00 e. The summed E-state index contributed by atoms with van der Waals surface area (Å²) in [7, 11) is 2.03. The molecule has 0 N–H and O–H groups in total. The Kier molecular flexibility index (Phi) is 4.67. The van der Waals surface area contributed by atoms with Crippen LogP contribution in [0.1, 0.15) is 21.7 Å². The van der Waals surface area contributed by atoms with Crippen molar-refractivity contribution in [2.75, 3.05) is 0 Å². The van der Waals surface area contributed by atoms with Gasteiger partial charge in [0.1, 0.15) is 0 Å². The van der Waals surface area contributed by atoms with Crippen LogP contribution in [0.5, 0.6) is 0 Å². The molecule has 1 aromatic heterocycles. The minimum atomic E-state index is 0. The highest BCUT2D eigenvalue weighted by molar-refractivity contribution is 5.96. The Morgan fingerprint density at radius 3 is 2.36 bits per heavy atom. The third-order valence-electron chi connectivity index (χ3n) is 4.09. The molecule has 0 aliphatic rings. The molecule has 0 aliphatic heterocycles. The van der Waals surface area contributed by atoms with Gasteiger partial charge in [-0.1, -0.05) is 42.0 Å². The largest absolute Gasteiger partial charge is 1.00 e. The van der Waals surface area contributed by atoms with Gasteiger partial charge in [-0.2, -0.15) is 0 Å². The number of fused-ring (bicyclic) bond motifs is 1. The zero-order chi connectivity index (χ0) is 15.0. The summed E-state index contributed by atoms with van der Waals surface area (Å²) in [6.07, 6.45) is 0. The second kappa shape index (κ2) is 6.32. The van der Waals surface area contributed by atoms with Crippen LogP contribution in [0.2, 0.25) is 0 Å². The average Bonchev–Trinajstić information content (AvgIpc) is 2.73. The van der Waals surface area contributed by atoms with Crippen molar-refractivity contribution in [3.8, 4) is 0 Å². The number of carbonyl (C=O) groups is 1. The molecule has 4 heteroatoms. The van der Waals surface area contributed by atoms with E-state index < -0.39 is 0 Å². The number of Topliss-reactive ketones (excluding diaryl/α,β-unsaturated/α-hetero) is 1. The van der Waals surface area contributed by atoms with Crippen LogP contribution in [-0.2, 0) is 13.6 Å². The van der Waals surface area contributed by atoms with E-state index in [1.807, 2.05) is 57.3 Å². The average molecular weight is 315 g/mol. The van der Waals surface area contributed by atoms with Crippen molar-refractivity contribution in [1.29, 1.82) is 0 Å². The first-order chi connectivity index (χ1) is 10.1. The van der Waals surface area contributed by atoms with Gasteiger partial charge in [0.25, 0.3) is 5.82 Å². The standard InChI is InChI=1S/C18H19N2O.ClH/c1-13-8-10-15(11-9-13)18(21)12-20-14(2)19(3)16-6-4-5-7-17(16)20;/h4-11H,12H2,1-3H3;1H/q+1;/p-1. The van der Waals surface area contributed by atoms with Crippen molar-refractivity contribution in [1.82, 2.24) is 4.57 Å². The van der Waals surface area contributed by atoms with Gasteiger partial charge in [0.15, 0.2) is 17.6 Å². The normalized spacial score (nSPS) is 10.5. The fraction of sp³-hybridized carbons (Fsp3) is 0.222. The molecule has 3 nitrogen and oxygen atoms in total. The van der Waals surface area contributed by atoms with Crippen molar-refractivity contribution in [2.45, 2.75) is 20.4 Å². The lowest BCUT2D eigenvalue weighted by atomic mass is 10.1. The number of rotatable bonds is 3. The summed E-state index contributed by atoms with van der Waals surface area (Å²) in [5.74, 6) is 1.22. The van der Waals surface area contributed by atoms with E-state index in [0.717, 1.165) is 22.4 Å². The molecule has 0 unspecified atom stereocenters. The molecule has 0 fully saturated rings. The summed E-state index contributed by atoms with van der Waals surface area (Å²) in [5.41, 5.74) is 4.17. The number of benzene rings is 2. The maximum absolute atomic E-state index is 12.5. The number of halogens is 1. The molecule has 3 rings (SSSR count). The quantitative estimate of drug-likeness (QED) is 0.492. The van der Waals surface area contributed by atoms with Crippen LogP contribution in [0, 0.1) is 13.8 Å². The van der Waals surface area contributed by atoms with Crippen LogP contribution in [-0.4, -0.2) is 10.4 Å². The van der Waals surface area contributed by atoms with E-state index in [2.05, 4.69) is 21.3 Å². The van der Waals surface area contributed by atoms with Crippen molar-refractivity contribution >= 4 is 16.8 Å². The van der Waals surface area contributed by atoms with Gasteiger partial charge in [-0.15, -0.1) is 0 Å². The van der Waals surface area contributed by atoms with E-state index in [1.54, 1.807) is 0 Å². The van der Waals surface area contributed by atoms with Gasteiger partial charge in [-0.05, 0) is 19.1 Å². The van der Waals surface area contributed by atoms with E-state index in [9.17, 15) is 4.79 Å². The number of carbonyl (C=O) groups excluding carboxylic acids is 1. The van der Waals surface area contributed by atoms with E-state index in [0.29, 0.717) is 6.54 Å². The van der Waals surface area contributed by atoms with Crippen molar-refractivity contribution < 1.29 is 21.8 Å². The van der Waals surface area contributed by atoms with Crippen LogP contribution in [0.3, 0.4) is 0 Å². The summed E-state index contributed by atoms with van der Waals surface area (Å²) < 4.78 is 4.20. The number of para-hydroxylation sites is 2. The Morgan fingerprint density at radius 2 is 1.68 bits per heavy atom. The SMILES string of the molecule is Cc1ccc(C(=O)Cn2c(C)[n+](C)c3ccccc32)cc1.[Cl-]. The Morgan fingerprint density at radius 1 is 1.05 bits per heavy atom. The Hall–Kier alpha value is -2.13. The second-order valence-corrected chi connectivity index (χ2v) is 5.47. The molecule has 22 heavy (non-hydrogen) atoms. The smallest absolute Gasteiger partial charge is 0.254 e. The number of imidazole rings is 1. The molecule has 0 spiro atoms. The molecular formula is C18H19ClN2O. The number of nitrogens with zero attached hydrogens (tertiary/aromatic N) is 2. The van der Waals surface area contributed by atoms with Crippen LogP contribution in [0.25, 0.3) is 11.0 Å².